The SMILES string of the molecule is Cc1ccc(-c2cccc3c2cnn3C(F)(F)F)c(N)n1. The van der Waals surface area contributed by atoms with Gasteiger partial charge in [0.15, 0.2) is 0 Å². The molecule has 0 atom stereocenters. The molecule has 0 saturated carbocycles. The molecule has 21 heavy (non-hydrogen) atoms. The number of hydrogen-bond acceptors (Lipinski definition) is 3. The van der Waals surface area contributed by atoms with Gasteiger partial charge in [-0.2, -0.15) is 9.78 Å². The van der Waals surface area contributed by atoms with Crippen LogP contribution >= 0.6 is 0 Å². The average molecular weight is 292 g/mol. The lowest BCUT2D eigenvalue weighted by atomic mass is 10.0. The molecule has 0 saturated heterocycles. The molecule has 2 N–H and O–H groups in total. The lowest BCUT2D eigenvalue weighted by molar-refractivity contribution is -0.209. The van der Waals surface area contributed by atoms with Gasteiger partial charge in [-0.1, -0.05) is 12.1 Å². The molecule has 108 valence electrons. The van der Waals surface area contributed by atoms with Crippen LogP contribution in [0.5, 0.6) is 0 Å². The lowest BCUT2D eigenvalue weighted by Crippen LogP contribution is -2.17. The van der Waals surface area contributed by atoms with Crippen molar-refractivity contribution >= 4 is 16.7 Å². The van der Waals surface area contributed by atoms with Gasteiger partial charge in [-0.3, -0.25) is 0 Å². The fourth-order valence-electron chi connectivity index (χ4n) is 2.29. The van der Waals surface area contributed by atoms with Crippen LogP contribution in [-0.2, 0) is 6.30 Å². The summed E-state index contributed by atoms with van der Waals surface area (Å²) in [6.07, 6.45) is -3.37. The standard InChI is InChI=1S/C14H11F3N4/c1-8-5-6-10(13(18)20-8)9-3-2-4-12-11(9)7-19-21(12)14(15,16)17/h2-7H,1H3,(H2,18,20). The quantitative estimate of drug-likeness (QED) is 0.747. The molecule has 2 heterocycles. The second-order valence-electron chi connectivity index (χ2n) is 4.65. The van der Waals surface area contributed by atoms with Crippen molar-refractivity contribution in [1.82, 2.24) is 14.8 Å². The monoisotopic (exact) mass is 292 g/mol. The van der Waals surface area contributed by atoms with E-state index in [2.05, 4.69) is 10.1 Å². The van der Waals surface area contributed by atoms with Crippen LogP contribution in [0.3, 0.4) is 0 Å². The summed E-state index contributed by atoms with van der Waals surface area (Å²) in [5, 5.41) is 3.81. The summed E-state index contributed by atoms with van der Waals surface area (Å²) in [5.74, 6) is 0.280. The molecule has 7 heteroatoms. The van der Waals surface area contributed by atoms with Crippen molar-refractivity contribution in [1.29, 1.82) is 0 Å². The molecule has 0 aliphatic heterocycles. The minimum Gasteiger partial charge on any atom is -0.383 e. The number of hydrogen-bond donors (Lipinski definition) is 1. The second kappa shape index (κ2) is 4.47. The van der Waals surface area contributed by atoms with E-state index in [1.807, 2.05) is 0 Å². The zero-order chi connectivity index (χ0) is 15.2. The molecule has 3 aromatic rings. The van der Waals surface area contributed by atoms with Crippen LogP contribution in [0.15, 0.2) is 36.5 Å². The Balaban J connectivity index is 2.27. The van der Waals surface area contributed by atoms with Crippen molar-refractivity contribution in [2.75, 3.05) is 5.73 Å². The van der Waals surface area contributed by atoms with E-state index in [1.165, 1.54) is 12.3 Å². The Bertz CT molecular complexity index is 821. The smallest absolute Gasteiger partial charge is 0.383 e. The zero-order valence-electron chi connectivity index (χ0n) is 11.0. The molecule has 0 radical (unpaired) electrons. The number of rotatable bonds is 1. The number of benzene rings is 1. The largest absolute Gasteiger partial charge is 0.505 e. The number of aryl methyl sites for hydroxylation is 1. The summed E-state index contributed by atoms with van der Waals surface area (Å²) in [6.45, 7) is 1.79. The topological polar surface area (TPSA) is 56.7 Å². The van der Waals surface area contributed by atoms with Gasteiger partial charge in [0.1, 0.15) is 5.82 Å². The van der Waals surface area contributed by atoms with Gasteiger partial charge in [0.2, 0.25) is 0 Å². The fourth-order valence-corrected chi connectivity index (χ4v) is 2.29. The molecule has 0 unspecified atom stereocenters. The Morgan fingerprint density at radius 1 is 1.10 bits per heavy atom. The highest BCUT2D eigenvalue weighted by Crippen LogP contribution is 2.34. The van der Waals surface area contributed by atoms with Crippen LogP contribution < -0.4 is 5.73 Å². The highest BCUT2D eigenvalue weighted by atomic mass is 19.4. The number of nitrogen functional groups attached to an aromatic ring is 1. The first kappa shape index (κ1) is 13.4. The highest BCUT2D eigenvalue weighted by Gasteiger charge is 2.33. The predicted octanol–water partition coefficient (Wildman–Crippen LogP) is 3.47. The molecule has 0 spiro atoms. The van der Waals surface area contributed by atoms with E-state index < -0.39 is 6.30 Å². The molecule has 0 aliphatic rings. The van der Waals surface area contributed by atoms with Gasteiger partial charge in [0.25, 0.3) is 0 Å². The normalized spacial score (nSPS) is 12.0. The fraction of sp³-hybridized carbons (Fsp3) is 0.143. The number of halogens is 3. The zero-order valence-corrected chi connectivity index (χ0v) is 11.0. The number of alkyl halides is 3. The summed E-state index contributed by atoms with van der Waals surface area (Å²) in [7, 11) is 0. The van der Waals surface area contributed by atoms with Gasteiger partial charge in [-0.15, -0.1) is 13.2 Å². The van der Waals surface area contributed by atoms with E-state index in [-0.39, 0.29) is 16.0 Å². The Hall–Kier alpha value is -2.57. The third kappa shape index (κ3) is 2.20. The van der Waals surface area contributed by atoms with E-state index in [1.54, 1.807) is 31.2 Å². The number of aromatic nitrogens is 3. The van der Waals surface area contributed by atoms with Crippen molar-refractivity contribution in [3.8, 4) is 11.1 Å². The van der Waals surface area contributed by atoms with Crippen molar-refractivity contribution in [2.45, 2.75) is 13.2 Å². The molecular formula is C14H11F3N4. The summed E-state index contributed by atoms with van der Waals surface area (Å²) in [6, 6.07) is 8.13. The van der Waals surface area contributed by atoms with Crippen LogP contribution in [-0.4, -0.2) is 14.8 Å². The van der Waals surface area contributed by atoms with Crippen LogP contribution in [0.1, 0.15) is 5.69 Å². The second-order valence-corrected chi connectivity index (χ2v) is 4.65. The van der Waals surface area contributed by atoms with Crippen molar-refractivity contribution in [2.24, 2.45) is 0 Å². The highest BCUT2D eigenvalue weighted by molar-refractivity contribution is 5.97. The van der Waals surface area contributed by atoms with E-state index >= 15 is 0 Å². The average Bonchev–Trinajstić information content (AvgIpc) is 2.82. The van der Waals surface area contributed by atoms with Gasteiger partial charge < -0.3 is 5.73 Å². The number of pyridine rings is 1. The van der Waals surface area contributed by atoms with Crippen molar-refractivity contribution in [3.05, 3.63) is 42.2 Å². The molecule has 0 fully saturated rings. The number of fused-ring (bicyclic) bond motifs is 1. The summed E-state index contributed by atoms with van der Waals surface area (Å²) < 4.78 is 38.7. The van der Waals surface area contributed by atoms with E-state index in [0.29, 0.717) is 16.5 Å². The number of anilines is 1. The Labute approximate surface area is 118 Å². The maximum absolute atomic E-state index is 12.9. The first-order valence-corrected chi connectivity index (χ1v) is 6.15. The van der Waals surface area contributed by atoms with E-state index in [9.17, 15) is 13.2 Å². The third-order valence-electron chi connectivity index (χ3n) is 3.21. The van der Waals surface area contributed by atoms with Gasteiger partial charge in [0.05, 0.1) is 11.7 Å². The van der Waals surface area contributed by atoms with E-state index in [4.69, 9.17) is 5.73 Å². The summed E-state index contributed by atoms with van der Waals surface area (Å²) in [4.78, 5) is 4.14. The summed E-state index contributed by atoms with van der Waals surface area (Å²) in [5.41, 5.74) is 7.77. The van der Waals surface area contributed by atoms with Crippen molar-refractivity contribution < 1.29 is 13.2 Å². The Morgan fingerprint density at radius 3 is 2.52 bits per heavy atom. The first-order valence-electron chi connectivity index (χ1n) is 6.15. The molecule has 4 nitrogen and oxygen atoms in total. The minimum atomic E-state index is -4.56. The molecule has 1 aromatic carbocycles. The summed E-state index contributed by atoms with van der Waals surface area (Å²) >= 11 is 0. The third-order valence-corrected chi connectivity index (χ3v) is 3.21. The number of nitrogens with two attached hydrogens (primary N) is 1. The van der Waals surface area contributed by atoms with Crippen LogP contribution in [0.4, 0.5) is 19.0 Å². The predicted molar refractivity (Wildman–Crippen MR) is 73.4 cm³/mol. The van der Waals surface area contributed by atoms with Crippen LogP contribution in [0.2, 0.25) is 0 Å². The van der Waals surface area contributed by atoms with Gasteiger partial charge in [-0.25, -0.2) is 4.98 Å². The van der Waals surface area contributed by atoms with Crippen molar-refractivity contribution in [3.63, 3.8) is 0 Å². The van der Waals surface area contributed by atoms with Crippen LogP contribution in [0, 0.1) is 6.92 Å². The lowest BCUT2D eigenvalue weighted by Gasteiger charge is -2.09. The number of nitrogens with zero attached hydrogens (tertiary/aromatic N) is 3. The molecule has 2 aromatic heterocycles. The first-order chi connectivity index (χ1) is 9.88. The molecule has 0 bridgehead atoms. The maximum atomic E-state index is 12.9. The molecular weight excluding hydrogens is 281 g/mol. The Kier molecular flexibility index (Phi) is 2.86. The van der Waals surface area contributed by atoms with E-state index in [0.717, 1.165) is 5.69 Å². The van der Waals surface area contributed by atoms with Gasteiger partial charge in [-0.05, 0) is 30.7 Å². The van der Waals surface area contributed by atoms with Gasteiger partial charge in [0, 0.05) is 16.6 Å². The minimum absolute atomic E-state index is 0.0139. The Morgan fingerprint density at radius 2 is 1.86 bits per heavy atom. The molecule has 3 rings (SSSR count). The maximum Gasteiger partial charge on any atom is 0.505 e. The van der Waals surface area contributed by atoms with Crippen LogP contribution in [0.25, 0.3) is 22.0 Å². The van der Waals surface area contributed by atoms with Gasteiger partial charge >= 0.3 is 6.30 Å². The molecule has 0 aliphatic carbocycles. The molecule has 0 amide bonds.